The number of nitrogens with one attached hydrogen (secondary N) is 1. The number of benzene rings is 1. The van der Waals surface area contributed by atoms with Gasteiger partial charge >= 0.3 is 41.5 Å². The van der Waals surface area contributed by atoms with Gasteiger partial charge in [-0.05, 0) is 12.5 Å². The van der Waals surface area contributed by atoms with E-state index in [1.807, 2.05) is 0 Å². The van der Waals surface area contributed by atoms with Crippen LogP contribution >= 0.6 is 0 Å². The van der Waals surface area contributed by atoms with Crippen LogP contribution in [0.1, 0.15) is 18.5 Å². The first-order valence-electron chi connectivity index (χ1n) is 5.35. The second kappa shape index (κ2) is 8.74. The number of carbonyl (C=O) groups is 2. The van der Waals surface area contributed by atoms with E-state index in [0.29, 0.717) is 11.3 Å². The van der Waals surface area contributed by atoms with Gasteiger partial charge in [0.25, 0.3) is 0 Å². The van der Waals surface area contributed by atoms with Crippen LogP contribution in [0.3, 0.4) is 0 Å². The van der Waals surface area contributed by atoms with Gasteiger partial charge in [0.05, 0.1) is 7.11 Å². The molecule has 19 heavy (non-hydrogen) atoms. The van der Waals surface area contributed by atoms with Gasteiger partial charge in [0.15, 0.2) is 0 Å². The molecular weight excluding hydrogens is 257 g/mol. The molecule has 1 atom stereocenters. The summed E-state index contributed by atoms with van der Waals surface area (Å²) in [6, 6.07) is 7.83. The molecule has 0 spiro atoms. The maximum Gasteiger partial charge on any atom is 1.00 e. The molecule has 0 aliphatic rings. The number of methoxy groups -OCH3 is 1. The molecule has 0 fully saturated rings. The van der Waals surface area contributed by atoms with Crippen molar-refractivity contribution >= 4 is 11.9 Å². The van der Waals surface area contributed by atoms with Gasteiger partial charge in [0.1, 0.15) is 6.04 Å². The van der Waals surface area contributed by atoms with Gasteiger partial charge in [-0.25, -0.2) is 9.59 Å². The molecule has 0 aliphatic carbocycles. The third kappa shape index (κ3) is 5.92. The fourth-order valence-electron chi connectivity index (χ4n) is 1.44. The molecule has 0 heterocycles. The van der Waals surface area contributed by atoms with Crippen LogP contribution in [-0.4, -0.2) is 24.2 Å². The van der Waals surface area contributed by atoms with Gasteiger partial charge in [0.2, 0.25) is 0 Å². The summed E-state index contributed by atoms with van der Waals surface area (Å²) < 4.78 is 4.47. The number of allylic oxidation sites excluding steroid dienone is 1. The van der Waals surface area contributed by atoms with E-state index in [0.717, 1.165) is 0 Å². The molecule has 0 saturated carbocycles. The fraction of sp³-hybridized carbons (Fsp3) is 0.231. The first-order chi connectivity index (χ1) is 8.54. The van der Waals surface area contributed by atoms with Crippen molar-refractivity contribution in [3.05, 3.63) is 47.7 Å². The van der Waals surface area contributed by atoms with Gasteiger partial charge in [-0.1, -0.05) is 30.3 Å². The number of carbonyl (C=O) groups excluding carboxylic acids is 1. The maximum absolute atomic E-state index is 11.2. The van der Waals surface area contributed by atoms with E-state index in [4.69, 9.17) is 5.11 Å². The Bertz CT molecular complexity index is 459. The van der Waals surface area contributed by atoms with Crippen molar-refractivity contribution in [3.63, 3.8) is 0 Å². The molecule has 0 unspecified atom stereocenters. The van der Waals surface area contributed by atoms with Crippen LogP contribution in [0.15, 0.2) is 42.1 Å². The number of hydrogen-bond acceptors (Lipinski definition) is 4. The van der Waals surface area contributed by atoms with Crippen molar-refractivity contribution in [1.29, 1.82) is 0 Å². The summed E-state index contributed by atoms with van der Waals surface area (Å²) in [6.07, 6.45) is 1.21. The van der Waals surface area contributed by atoms with Crippen LogP contribution in [0.5, 0.6) is 0 Å². The average Bonchev–Trinajstić information content (AvgIpc) is 2.36. The van der Waals surface area contributed by atoms with Crippen molar-refractivity contribution in [2.24, 2.45) is 0 Å². The second-order valence-electron chi connectivity index (χ2n) is 3.68. The Morgan fingerprint density at radius 3 is 2.37 bits per heavy atom. The number of esters is 1. The second-order valence-corrected chi connectivity index (χ2v) is 3.68. The van der Waals surface area contributed by atoms with Crippen LogP contribution in [0, 0.1) is 0 Å². The molecule has 0 bridgehead atoms. The minimum atomic E-state index is -1.01. The Morgan fingerprint density at radius 2 is 1.89 bits per heavy atom. The van der Waals surface area contributed by atoms with E-state index in [1.54, 1.807) is 37.3 Å². The summed E-state index contributed by atoms with van der Waals surface area (Å²) >= 11 is 0. The van der Waals surface area contributed by atoms with Crippen molar-refractivity contribution in [3.8, 4) is 0 Å². The topological polar surface area (TPSA) is 75.6 Å². The predicted octanol–water partition coefficient (Wildman–Crippen LogP) is -1.52. The molecule has 0 amide bonds. The molecule has 1 aromatic rings. The Kier molecular flexibility index (Phi) is 8.14. The smallest absolute Gasteiger partial charge is 0.479 e. The zero-order valence-corrected chi connectivity index (χ0v) is 13.2. The monoisotopic (exact) mass is 272 g/mol. The van der Waals surface area contributed by atoms with Crippen molar-refractivity contribution in [2.75, 3.05) is 7.11 Å². The molecule has 6 heteroatoms. The number of carboxylic acids is 1. The van der Waals surface area contributed by atoms with Gasteiger partial charge in [-0.2, -0.15) is 0 Å². The van der Waals surface area contributed by atoms with Crippen LogP contribution in [0.4, 0.5) is 0 Å². The Hall–Kier alpha value is -1.30. The first-order valence-corrected chi connectivity index (χ1v) is 5.35. The molecule has 0 radical (unpaired) electrons. The van der Waals surface area contributed by atoms with E-state index in [9.17, 15) is 9.59 Å². The summed E-state index contributed by atoms with van der Waals surface area (Å²) in [5.41, 5.74) is 1.04. The summed E-state index contributed by atoms with van der Waals surface area (Å²) in [5.74, 6) is -1.55. The van der Waals surface area contributed by atoms with E-state index >= 15 is 0 Å². The molecule has 0 saturated heterocycles. The van der Waals surface area contributed by atoms with Crippen molar-refractivity contribution < 1.29 is 49.0 Å². The molecule has 5 nitrogen and oxygen atoms in total. The van der Waals surface area contributed by atoms with E-state index < -0.39 is 18.0 Å². The van der Waals surface area contributed by atoms with Crippen LogP contribution in [0.25, 0.3) is 0 Å². The van der Waals surface area contributed by atoms with E-state index in [2.05, 4.69) is 10.1 Å². The number of aliphatic carboxylic acids is 1. The van der Waals surface area contributed by atoms with Crippen molar-refractivity contribution in [1.82, 2.24) is 5.32 Å². The van der Waals surface area contributed by atoms with Crippen LogP contribution < -0.4 is 34.9 Å². The molecule has 1 aromatic carbocycles. The summed E-state index contributed by atoms with van der Waals surface area (Å²) in [5, 5.41) is 11.9. The minimum absolute atomic E-state index is 0. The first kappa shape index (κ1) is 17.7. The molecule has 1 rings (SSSR count). The molecule has 96 valence electrons. The standard InChI is InChI=1S/C13H15NO4.Na/c1-9(8-11(15)18-2)14-12(13(16)17)10-6-4-3-5-7-10;/h3-8,12,14H,1-2H3,(H,16,17);/q;+1/t12-;/m0./s1. The SMILES string of the molecule is COC(=O)C=C(C)N[C@H](C(=O)O)c1ccccc1.[Na+]. The minimum Gasteiger partial charge on any atom is -0.479 e. The van der Waals surface area contributed by atoms with Gasteiger partial charge < -0.3 is 15.2 Å². The predicted molar refractivity (Wildman–Crippen MR) is 65.7 cm³/mol. The zero-order chi connectivity index (χ0) is 13.5. The summed E-state index contributed by atoms with van der Waals surface area (Å²) in [6.45, 7) is 1.61. The summed E-state index contributed by atoms with van der Waals surface area (Å²) in [4.78, 5) is 22.2. The number of hydrogen-bond donors (Lipinski definition) is 2. The van der Waals surface area contributed by atoms with Gasteiger partial charge in [-0.15, -0.1) is 0 Å². The fourth-order valence-corrected chi connectivity index (χ4v) is 1.44. The number of ether oxygens (including phenoxy) is 1. The molecule has 0 aromatic heterocycles. The van der Waals surface area contributed by atoms with E-state index in [-0.39, 0.29) is 29.6 Å². The quantitative estimate of drug-likeness (QED) is 0.387. The Morgan fingerprint density at radius 1 is 1.32 bits per heavy atom. The van der Waals surface area contributed by atoms with Crippen molar-refractivity contribution in [2.45, 2.75) is 13.0 Å². The van der Waals surface area contributed by atoms with Crippen LogP contribution in [0.2, 0.25) is 0 Å². The average molecular weight is 272 g/mol. The normalized spacial score (nSPS) is 12.0. The zero-order valence-electron chi connectivity index (χ0n) is 11.2. The van der Waals surface area contributed by atoms with E-state index in [1.165, 1.54) is 13.2 Å². The number of rotatable bonds is 5. The van der Waals surface area contributed by atoms with Gasteiger partial charge in [0, 0.05) is 11.8 Å². The van der Waals surface area contributed by atoms with Gasteiger partial charge in [-0.3, -0.25) is 0 Å². The third-order valence-corrected chi connectivity index (χ3v) is 2.29. The molecule has 0 aliphatic heterocycles. The molecular formula is C13H15NNaO4+. The summed E-state index contributed by atoms with van der Waals surface area (Å²) in [7, 11) is 1.26. The maximum atomic E-state index is 11.2. The Balaban J connectivity index is 0.00000324. The Labute approximate surface area is 133 Å². The molecule has 2 N–H and O–H groups in total. The largest absolute Gasteiger partial charge is 1.00 e. The number of carboxylic acid groups (broad SMARTS) is 1. The van der Waals surface area contributed by atoms with Crippen LogP contribution in [-0.2, 0) is 14.3 Å². The third-order valence-electron chi connectivity index (χ3n) is 2.29.